The van der Waals surface area contributed by atoms with Gasteiger partial charge in [0.1, 0.15) is 0 Å². The van der Waals surface area contributed by atoms with Crippen LogP contribution in [0, 0.1) is 5.92 Å². The third-order valence-electron chi connectivity index (χ3n) is 3.10. The Hall–Kier alpha value is -0.480. The van der Waals surface area contributed by atoms with E-state index in [1.165, 1.54) is 22.4 Å². The first-order chi connectivity index (χ1) is 7.66. The summed E-state index contributed by atoms with van der Waals surface area (Å²) in [6.07, 6.45) is 1.25. The molecule has 1 aliphatic rings. The van der Waals surface area contributed by atoms with Gasteiger partial charge in [0.05, 0.1) is 6.54 Å². The van der Waals surface area contributed by atoms with Crippen LogP contribution in [0.5, 0.6) is 0 Å². The van der Waals surface area contributed by atoms with Gasteiger partial charge in [0.15, 0.2) is 0 Å². The number of hydrogen-bond donors (Lipinski definition) is 1. The summed E-state index contributed by atoms with van der Waals surface area (Å²) < 4.78 is 24.0. The smallest absolute Gasteiger partial charge is 0.250 e. The molecule has 1 nitrogen and oxygen atoms in total. The van der Waals surface area contributed by atoms with E-state index in [-0.39, 0.29) is 6.54 Å². The van der Waals surface area contributed by atoms with Gasteiger partial charge in [-0.05, 0) is 41.7 Å². The Kier molecular flexibility index (Phi) is 3.92. The van der Waals surface area contributed by atoms with Crippen molar-refractivity contribution < 1.29 is 8.78 Å². The number of halogens is 2. The zero-order chi connectivity index (χ0) is 11.5. The second-order valence-corrected chi connectivity index (χ2v) is 5.50. The SMILES string of the molecule is CC1CCc2c(CNCC(F)F)csc2C1. The Morgan fingerprint density at radius 3 is 3.12 bits per heavy atom. The van der Waals surface area contributed by atoms with Crippen LogP contribution in [-0.4, -0.2) is 13.0 Å². The normalized spacial score (nSPS) is 20.1. The zero-order valence-electron chi connectivity index (χ0n) is 9.43. The fourth-order valence-electron chi connectivity index (χ4n) is 2.21. The lowest BCUT2D eigenvalue weighted by molar-refractivity contribution is 0.145. The van der Waals surface area contributed by atoms with Gasteiger partial charge in [0.25, 0.3) is 6.43 Å². The summed E-state index contributed by atoms with van der Waals surface area (Å²) >= 11 is 1.79. The van der Waals surface area contributed by atoms with Crippen molar-refractivity contribution in [1.82, 2.24) is 5.32 Å². The highest BCUT2D eigenvalue weighted by molar-refractivity contribution is 7.10. The fraction of sp³-hybridized carbons (Fsp3) is 0.667. The van der Waals surface area contributed by atoms with Crippen molar-refractivity contribution in [3.63, 3.8) is 0 Å². The summed E-state index contributed by atoms with van der Waals surface area (Å²) in [5.41, 5.74) is 2.65. The first-order valence-corrected chi connectivity index (χ1v) is 6.61. The minimum Gasteiger partial charge on any atom is -0.307 e. The third kappa shape index (κ3) is 2.80. The highest BCUT2D eigenvalue weighted by atomic mass is 32.1. The van der Waals surface area contributed by atoms with Gasteiger partial charge in [-0.25, -0.2) is 8.78 Å². The topological polar surface area (TPSA) is 12.0 Å². The molecule has 0 amide bonds. The van der Waals surface area contributed by atoms with Gasteiger partial charge in [-0.1, -0.05) is 6.92 Å². The molecule has 0 aromatic carbocycles. The van der Waals surface area contributed by atoms with Crippen LogP contribution in [-0.2, 0) is 19.4 Å². The Bertz CT molecular complexity index is 349. The van der Waals surface area contributed by atoms with Gasteiger partial charge < -0.3 is 5.32 Å². The first kappa shape index (κ1) is 12.0. The van der Waals surface area contributed by atoms with Crippen LogP contribution in [0.25, 0.3) is 0 Å². The Morgan fingerprint density at radius 1 is 1.56 bits per heavy atom. The first-order valence-electron chi connectivity index (χ1n) is 5.73. The van der Waals surface area contributed by atoms with Gasteiger partial charge in [-0.3, -0.25) is 0 Å². The van der Waals surface area contributed by atoms with E-state index < -0.39 is 6.43 Å². The maximum atomic E-state index is 12.0. The lowest BCUT2D eigenvalue weighted by atomic mass is 9.88. The van der Waals surface area contributed by atoms with Gasteiger partial charge in [-0.15, -0.1) is 11.3 Å². The summed E-state index contributed by atoms with van der Waals surface area (Å²) in [4.78, 5) is 1.47. The molecule has 1 N–H and O–H groups in total. The van der Waals surface area contributed by atoms with E-state index in [4.69, 9.17) is 0 Å². The van der Waals surface area contributed by atoms with Gasteiger partial charge in [0, 0.05) is 11.4 Å². The molecule has 0 bridgehead atoms. The van der Waals surface area contributed by atoms with Gasteiger partial charge in [-0.2, -0.15) is 0 Å². The van der Waals surface area contributed by atoms with Crippen LogP contribution >= 0.6 is 11.3 Å². The predicted octanol–water partition coefficient (Wildman–Crippen LogP) is 3.23. The highest BCUT2D eigenvalue weighted by Crippen LogP contribution is 2.32. The van der Waals surface area contributed by atoms with Crippen molar-refractivity contribution in [2.75, 3.05) is 6.54 Å². The lowest BCUT2D eigenvalue weighted by Gasteiger charge is -2.19. The molecule has 1 heterocycles. The van der Waals surface area contributed by atoms with Crippen molar-refractivity contribution in [3.05, 3.63) is 21.4 Å². The van der Waals surface area contributed by atoms with Gasteiger partial charge >= 0.3 is 0 Å². The number of alkyl halides is 2. The van der Waals surface area contributed by atoms with Crippen molar-refractivity contribution in [1.29, 1.82) is 0 Å². The quantitative estimate of drug-likeness (QED) is 0.858. The summed E-state index contributed by atoms with van der Waals surface area (Å²) in [6, 6.07) is 0. The molecule has 90 valence electrons. The minimum atomic E-state index is -2.26. The number of hydrogen-bond acceptors (Lipinski definition) is 2. The summed E-state index contributed by atoms with van der Waals surface area (Å²) in [5.74, 6) is 0.771. The molecule has 0 fully saturated rings. The molecule has 16 heavy (non-hydrogen) atoms. The van der Waals surface area contributed by atoms with E-state index in [9.17, 15) is 8.78 Å². The average Bonchev–Trinajstić information content (AvgIpc) is 2.60. The molecule has 4 heteroatoms. The molecular weight excluding hydrogens is 228 g/mol. The van der Waals surface area contributed by atoms with Crippen LogP contribution in [0.3, 0.4) is 0 Å². The van der Waals surface area contributed by atoms with Crippen molar-refractivity contribution >= 4 is 11.3 Å². The molecular formula is C12H17F2NS. The zero-order valence-corrected chi connectivity index (χ0v) is 10.2. The Balaban J connectivity index is 1.95. The van der Waals surface area contributed by atoms with E-state index in [0.717, 1.165) is 18.8 Å². The highest BCUT2D eigenvalue weighted by Gasteiger charge is 2.19. The molecule has 0 saturated heterocycles. The van der Waals surface area contributed by atoms with E-state index in [1.54, 1.807) is 11.3 Å². The molecule has 1 aromatic heterocycles. The van der Waals surface area contributed by atoms with Crippen molar-refractivity contribution in [2.24, 2.45) is 5.92 Å². The van der Waals surface area contributed by atoms with E-state index in [0.29, 0.717) is 6.54 Å². The Morgan fingerprint density at radius 2 is 2.38 bits per heavy atom. The van der Waals surface area contributed by atoms with E-state index >= 15 is 0 Å². The number of nitrogens with one attached hydrogen (secondary N) is 1. The average molecular weight is 245 g/mol. The van der Waals surface area contributed by atoms with Crippen LogP contribution in [0.2, 0.25) is 0 Å². The molecule has 0 saturated carbocycles. The summed E-state index contributed by atoms with van der Waals surface area (Å²) in [6.45, 7) is 2.66. The molecule has 2 rings (SSSR count). The molecule has 0 radical (unpaired) electrons. The second-order valence-electron chi connectivity index (χ2n) is 4.53. The second kappa shape index (κ2) is 5.23. The lowest BCUT2D eigenvalue weighted by Crippen LogP contribution is -2.21. The predicted molar refractivity (Wildman–Crippen MR) is 63.2 cm³/mol. The number of thiophene rings is 1. The van der Waals surface area contributed by atoms with Crippen LogP contribution in [0.4, 0.5) is 8.78 Å². The van der Waals surface area contributed by atoms with Crippen LogP contribution in [0.15, 0.2) is 5.38 Å². The third-order valence-corrected chi connectivity index (χ3v) is 4.20. The van der Waals surface area contributed by atoms with Gasteiger partial charge in [0.2, 0.25) is 0 Å². The maximum Gasteiger partial charge on any atom is 0.250 e. The van der Waals surface area contributed by atoms with E-state index in [2.05, 4.69) is 17.6 Å². The monoisotopic (exact) mass is 245 g/mol. The fourth-order valence-corrected chi connectivity index (χ4v) is 3.47. The minimum absolute atomic E-state index is 0.207. The molecule has 0 aliphatic heterocycles. The summed E-state index contributed by atoms with van der Waals surface area (Å²) in [5, 5.41) is 4.93. The molecule has 1 atom stereocenters. The van der Waals surface area contributed by atoms with Crippen LogP contribution in [0.1, 0.15) is 29.3 Å². The number of rotatable bonds is 4. The largest absolute Gasteiger partial charge is 0.307 e. The molecule has 1 aromatic rings. The Labute approximate surface area is 98.9 Å². The molecule has 0 spiro atoms. The van der Waals surface area contributed by atoms with Crippen LogP contribution < -0.4 is 5.32 Å². The van der Waals surface area contributed by atoms with Crippen molar-refractivity contribution in [3.8, 4) is 0 Å². The van der Waals surface area contributed by atoms with Crippen molar-refractivity contribution in [2.45, 2.75) is 39.2 Å². The van der Waals surface area contributed by atoms with E-state index in [1.807, 2.05) is 0 Å². The number of fused-ring (bicyclic) bond motifs is 1. The maximum absolute atomic E-state index is 12.0. The summed E-state index contributed by atoms with van der Waals surface area (Å²) in [7, 11) is 0. The molecule has 1 unspecified atom stereocenters. The standard InChI is InChI=1S/C12H17F2NS/c1-8-2-3-10-9(5-15-6-12(13)14)7-16-11(10)4-8/h7-8,12,15H,2-6H2,1H3. The molecule has 1 aliphatic carbocycles.